The second-order valence-electron chi connectivity index (χ2n) is 6.85. The molecule has 1 aliphatic rings. The highest BCUT2D eigenvalue weighted by Crippen LogP contribution is 2.20. The zero-order chi connectivity index (χ0) is 19.3. The summed E-state index contributed by atoms with van der Waals surface area (Å²) in [5, 5.41) is 3.43. The average molecular weight is 380 g/mol. The topological polar surface area (TPSA) is 48.2 Å². The number of pyridine rings is 1. The minimum absolute atomic E-state index is 0.161. The van der Waals surface area contributed by atoms with Gasteiger partial charge < -0.3 is 19.5 Å². The quantitative estimate of drug-likeness (QED) is 0.558. The first-order chi connectivity index (χ1) is 13.7. The van der Waals surface area contributed by atoms with Crippen LogP contribution in [0.2, 0.25) is 0 Å². The Morgan fingerprint density at radius 1 is 1.11 bits per heavy atom. The monoisotopic (exact) mass is 380 g/mol. The summed E-state index contributed by atoms with van der Waals surface area (Å²) < 4.78 is 16.0. The van der Waals surface area contributed by atoms with Gasteiger partial charge in [0.05, 0.1) is 11.4 Å². The summed E-state index contributed by atoms with van der Waals surface area (Å²) >= 11 is 0. The van der Waals surface area contributed by atoms with Gasteiger partial charge in [0.15, 0.2) is 5.96 Å². The molecule has 4 rings (SSSR count). The number of guanidine groups is 1. The lowest BCUT2D eigenvalue weighted by Gasteiger charge is -2.37. The Morgan fingerprint density at radius 3 is 2.64 bits per heavy atom. The van der Waals surface area contributed by atoms with Crippen molar-refractivity contribution in [1.29, 1.82) is 0 Å². The molecule has 0 atom stereocenters. The summed E-state index contributed by atoms with van der Waals surface area (Å²) in [6, 6.07) is 13.0. The van der Waals surface area contributed by atoms with Gasteiger partial charge in [-0.25, -0.2) is 9.37 Å². The van der Waals surface area contributed by atoms with E-state index in [9.17, 15) is 4.39 Å². The van der Waals surface area contributed by atoms with Crippen molar-refractivity contribution >= 4 is 17.3 Å². The molecule has 0 unspecified atom stereocenters. The molecule has 7 heteroatoms. The number of aromatic nitrogens is 2. The van der Waals surface area contributed by atoms with E-state index in [0.29, 0.717) is 5.69 Å². The van der Waals surface area contributed by atoms with E-state index in [1.807, 2.05) is 40.9 Å². The summed E-state index contributed by atoms with van der Waals surface area (Å²) in [5.41, 5.74) is 2.70. The predicted molar refractivity (Wildman–Crippen MR) is 110 cm³/mol. The summed E-state index contributed by atoms with van der Waals surface area (Å²) in [6.45, 7) is 3.93. The molecule has 0 aliphatic carbocycles. The highest BCUT2D eigenvalue weighted by atomic mass is 19.1. The van der Waals surface area contributed by atoms with Gasteiger partial charge in [-0.2, -0.15) is 0 Å². The molecule has 1 aliphatic heterocycles. The zero-order valence-corrected chi connectivity index (χ0v) is 16.1. The van der Waals surface area contributed by atoms with E-state index in [2.05, 4.69) is 31.3 Å². The zero-order valence-electron chi connectivity index (χ0n) is 16.1. The second kappa shape index (κ2) is 8.29. The van der Waals surface area contributed by atoms with E-state index in [4.69, 9.17) is 0 Å². The minimum atomic E-state index is -0.161. The minimum Gasteiger partial charge on any atom is -0.366 e. The van der Waals surface area contributed by atoms with Crippen molar-refractivity contribution in [2.75, 3.05) is 44.7 Å². The molecule has 0 bridgehead atoms. The summed E-state index contributed by atoms with van der Waals surface area (Å²) in [5.74, 6) is 0.725. The van der Waals surface area contributed by atoms with Gasteiger partial charge in [-0.1, -0.05) is 18.2 Å². The third-order valence-electron chi connectivity index (χ3n) is 5.06. The molecule has 28 heavy (non-hydrogen) atoms. The number of anilines is 1. The number of aliphatic imine (C=N–C) groups is 1. The highest BCUT2D eigenvalue weighted by Gasteiger charge is 2.21. The van der Waals surface area contributed by atoms with Crippen molar-refractivity contribution in [3.05, 3.63) is 66.4 Å². The summed E-state index contributed by atoms with van der Waals surface area (Å²) in [7, 11) is 1.80. The average Bonchev–Trinajstić information content (AvgIpc) is 3.15. The second-order valence-corrected chi connectivity index (χ2v) is 6.85. The third kappa shape index (κ3) is 3.93. The molecular weight excluding hydrogens is 355 g/mol. The Hall–Kier alpha value is -3.09. The molecule has 6 nitrogen and oxygen atoms in total. The number of para-hydroxylation sites is 1. The molecule has 1 fully saturated rings. The molecule has 0 saturated carbocycles. The van der Waals surface area contributed by atoms with Gasteiger partial charge in [0, 0.05) is 58.6 Å². The smallest absolute Gasteiger partial charge is 0.193 e. The van der Waals surface area contributed by atoms with Crippen LogP contribution in [-0.4, -0.2) is 60.0 Å². The Kier molecular flexibility index (Phi) is 5.41. The fraction of sp³-hybridized carbons (Fsp3) is 0.333. The van der Waals surface area contributed by atoms with Crippen LogP contribution >= 0.6 is 0 Å². The van der Waals surface area contributed by atoms with Crippen LogP contribution in [-0.2, 0) is 6.42 Å². The number of benzene rings is 1. The van der Waals surface area contributed by atoms with Gasteiger partial charge in [-0.3, -0.25) is 4.99 Å². The summed E-state index contributed by atoms with van der Waals surface area (Å²) in [6.07, 6.45) is 4.90. The van der Waals surface area contributed by atoms with Crippen molar-refractivity contribution in [3.63, 3.8) is 0 Å². The number of rotatable bonds is 4. The standard InChI is InChI=1S/C21H25FN6/c1-23-21(24-10-9-17-16-28-11-5-4-8-20(28)25-17)27-14-12-26(13-15-27)19-7-3-2-6-18(19)22/h2-8,11,16H,9-10,12-15H2,1H3,(H,23,24). The van der Waals surface area contributed by atoms with Crippen molar-refractivity contribution in [1.82, 2.24) is 19.6 Å². The number of fused-ring (bicyclic) bond motifs is 1. The molecule has 0 radical (unpaired) electrons. The van der Waals surface area contributed by atoms with Gasteiger partial charge >= 0.3 is 0 Å². The molecule has 3 heterocycles. The molecule has 0 amide bonds. The maximum atomic E-state index is 14.0. The number of hydrogen-bond donors (Lipinski definition) is 1. The van der Waals surface area contributed by atoms with E-state index in [1.54, 1.807) is 13.1 Å². The fourth-order valence-corrected chi connectivity index (χ4v) is 3.61. The first-order valence-electron chi connectivity index (χ1n) is 9.62. The van der Waals surface area contributed by atoms with Gasteiger partial charge in [0.2, 0.25) is 0 Å². The Bertz CT molecular complexity index is 925. The van der Waals surface area contributed by atoms with Crippen LogP contribution in [0.5, 0.6) is 0 Å². The van der Waals surface area contributed by atoms with Gasteiger partial charge in [-0.05, 0) is 24.3 Å². The predicted octanol–water partition coefficient (Wildman–Crippen LogP) is 2.41. The maximum Gasteiger partial charge on any atom is 0.193 e. The van der Waals surface area contributed by atoms with Crippen LogP contribution in [0.15, 0.2) is 59.9 Å². The summed E-state index contributed by atoms with van der Waals surface area (Å²) in [4.78, 5) is 13.4. The van der Waals surface area contributed by atoms with Crippen molar-refractivity contribution in [2.24, 2.45) is 4.99 Å². The molecule has 3 aromatic rings. The lowest BCUT2D eigenvalue weighted by atomic mass is 10.2. The Balaban J connectivity index is 1.29. The van der Waals surface area contributed by atoms with Crippen molar-refractivity contribution < 1.29 is 4.39 Å². The number of hydrogen-bond acceptors (Lipinski definition) is 3. The molecule has 1 saturated heterocycles. The van der Waals surface area contributed by atoms with Crippen LogP contribution < -0.4 is 10.2 Å². The Morgan fingerprint density at radius 2 is 1.89 bits per heavy atom. The lowest BCUT2D eigenvalue weighted by molar-refractivity contribution is 0.371. The van der Waals surface area contributed by atoms with Gasteiger partial charge in [-0.15, -0.1) is 0 Å². The largest absolute Gasteiger partial charge is 0.366 e. The van der Waals surface area contributed by atoms with E-state index in [0.717, 1.165) is 56.4 Å². The maximum absolute atomic E-state index is 14.0. The molecular formula is C21H25FN6. The van der Waals surface area contributed by atoms with Gasteiger partial charge in [0.1, 0.15) is 11.5 Å². The molecule has 1 N–H and O–H groups in total. The van der Waals surface area contributed by atoms with E-state index in [1.165, 1.54) is 6.07 Å². The van der Waals surface area contributed by atoms with Crippen molar-refractivity contribution in [2.45, 2.75) is 6.42 Å². The molecule has 0 spiro atoms. The number of nitrogens with one attached hydrogen (secondary N) is 1. The highest BCUT2D eigenvalue weighted by molar-refractivity contribution is 5.80. The van der Waals surface area contributed by atoms with E-state index in [-0.39, 0.29) is 5.82 Å². The number of halogens is 1. The van der Waals surface area contributed by atoms with Crippen molar-refractivity contribution in [3.8, 4) is 0 Å². The normalized spacial score (nSPS) is 15.3. The lowest BCUT2D eigenvalue weighted by Crippen LogP contribution is -2.53. The number of piperazine rings is 1. The first-order valence-corrected chi connectivity index (χ1v) is 9.62. The van der Waals surface area contributed by atoms with E-state index >= 15 is 0 Å². The van der Waals surface area contributed by atoms with Gasteiger partial charge in [0.25, 0.3) is 0 Å². The molecule has 1 aromatic carbocycles. The van der Waals surface area contributed by atoms with Crippen LogP contribution in [0, 0.1) is 5.82 Å². The van der Waals surface area contributed by atoms with Crippen LogP contribution in [0.25, 0.3) is 5.65 Å². The number of nitrogens with zero attached hydrogens (tertiary/aromatic N) is 5. The van der Waals surface area contributed by atoms with Crippen LogP contribution in [0.1, 0.15) is 5.69 Å². The Labute approximate surface area is 164 Å². The van der Waals surface area contributed by atoms with E-state index < -0.39 is 0 Å². The number of imidazole rings is 1. The fourth-order valence-electron chi connectivity index (χ4n) is 3.61. The molecule has 146 valence electrons. The first kappa shape index (κ1) is 18.3. The third-order valence-corrected chi connectivity index (χ3v) is 5.06. The van der Waals surface area contributed by atoms with Crippen LogP contribution in [0.4, 0.5) is 10.1 Å². The van der Waals surface area contributed by atoms with Crippen LogP contribution in [0.3, 0.4) is 0 Å². The SMILES string of the molecule is CN=C(NCCc1cn2ccccc2n1)N1CCN(c2ccccc2F)CC1. The molecule has 2 aromatic heterocycles.